The van der Waals surface area contributed by atoms with E-state index in [1.807, 2.05) is 11.8 Å². The monoisotopic (exact) mass is 273 g/mol. The van der Waals surface area contributed by atoms with Gasteiger partial charge in [0.2, 0.25) is 0 Å². The first-order chi connectivity index (χ1) is 8.01. The molecule has 1 aliphatic heterocycles. The van der Waals surface area contributed by atoms with E-state index in [9.17, 15) is 4.39 Å². The second-order valence-electron chi connectivity index (χ2n) is 4.81. The first-order valence-corrected chi connectivity index (χ1v) is 7.21. The number of hydrogen-bond donors (Lipinski definition) is 1. The minimum absolute atomic E-state index is 0.0250. The van der Waals surface area contributed by atoms with Gasteiger partial charge in [0.15, 0.2) is 0 Å². The lowest BCUT2D eigenvalue weighted by Crippen LogP contribution is -2.42. The second-order valence-corrected chi connectivity index (χ2v) is 6.88. The molecule has 1 aliphatic rings. The second kappa shape index (κ2) is 5.17. The predicted octanol–water partition coefficient (Wildman–Crippen LogP) is 3.63. The molecule has 0 aromatic heterocycles. The maximum absolute atomic E-state index is 13.6. The van der Waals surface area contributed by atoms with Crippen molar-refractivity contribution in [2.24, 2.45) is 5.73 Å². The topological polar surface area (TPSA) is 26.0 Å². The highest BCUT2D eigenvalue weighted by molar-refractivity contribution is 8.00. The molecule has 1 aromatic rings. The molecule has 17 heavy (non-hydrogen) atoms. The molecule has 1 saturated heterocycles. The fourth-order valence-electron chi connectivity index (χ4n) is 2.25. The molecule has 4 heteroatoms. The molecule has 2 atom stereocenters. The van der Waals surface area contributed by atoms with Crippen LogP contribution >= 0.6 is 23.4 Å². The Kier molecular flexibility index (Phi) is 4.01. The van der Waals surface area contributed by atoms with E-state index < -0.39 is 0 Å². The zero-order chi connectivity index (χ0) is 12.5. The average molecular weight is 274 g/mol. The summed E-state index contributed by atoms with van der Waals surface area (Å²) in [6.07, 6.45) is 2.86. The Hall–Kier alpha value is -0.250. The van der Waals surface area contributed by atoms with E-state index in [1.54, 1.807) is 12.1 Å². The number of rotatable bonds is 3. The van der Waals surface area contributed by atoms with Crippen LogP contribution in [0.5, 0.6) is 0 Å². The summed E-state index contributed by atoms with van der Waals surface area (Å²) >= 11 is 7.78. The van der Waals surface area contributed by atoms with Crippen molar-refractivity contribution in [2.45, 2.75) is 37.0 Å². The lowest BCUT2D eigenvalue weighted by Gasteiger charge is -2.30. The summed E-state index contributed by atoms with van der Waals surface area (Å²) in [4.78, 5) is 0. The molecule has 94 valence electrons. The molecule has 0 saturated carbocycles. The summed E-state index contributed by atoms with van der Waals surface area (Å²) in [5.41, 5.74) is 6.86. The lowest BCUT2D eigenvalue weighted by atomic mass is 9.91. The highest BCUT2D eigenvalue weighted by Crippen LogP contribution is 2.40. The Morgan fingerprint density at radius 1 is 1.59 bits per heavy atom. The fourth-order valence-corrected chi connectivity index (χ4v) is 3.78. The minimum atomic E-state index is -0.212. The van der Waals surface area contributed by atoms with Gasteiger partial charge in [-0.1, -0.05) is 11.6 Å². The van der Waals surface area contributed by atoms with Gasteiger partial charge >= 0.3 is 0 Å². The van der Waals surface area contributed by atoms with Crippen LogP contribution in [0, 0.1) is 5.82 Å². The van der Waals surface area contributed by atoms with Crippen molar-refractivity contribution in [1.82, 2.24) is 0 Å². The standard InChI is InChI=1S/C13H17ClFNS/c1-13(5-2-6-17-13)12(16)8-9-7-10(14)3-4-11(9)15/h3-4,7,12H,2,5-6,8,16H2,1H3. The molecular formula is C13H17ClFNS. The smallest absolute Gasteiger partial charge is 0.126 e. The summed E-state index contributed by atoms with van der Waals surface area (Å²) in [5.74, 6) is 0.943. The molecule has 0 spiro atoms. The zero-order valence-electron chi connectivity index (χ0n) is 9.88. The van der Waals surface area contributed by atoms with Crippen LogP contribution in [0.2, 0.25) is 5.02 Å². The lowest BCUT2D eigenvalue weighted by molar-refractivity contribution is 0.473. The molecule has 2 N–H and O–H groups in total. The Morgan fingerprint density at radius 2 is 2.35 bits per heavy atom. The van der Waals surface area contributed by atoms with Crippen LogP contribution < -0.4 is 5.73 Å². The van der Waals surface area contributed by atoms with Crippen molar-refractivity contribution in [2.75, 3.05) is 5.75 Å². The Labute approximate surface area is 111 Å². The normalized spacial score (nSPS) is 26.1. The maximum Gasteiger partial charge on any atom is 0.126 e. The molecule has 1 aromatic carbocycles. The molecule has 0 aliphatic carbocycles. The Morgan fingerprint density at radius 3 is 3.00 bits per heavy atom. The van der Waals surface area contributed by atoms with Crippen molar-refractivity contribution < 1.29 is 4.39 Å². The number of thioether (sulfide) groups is 1. The highest BCUT2D eigenvalue weighted by Gasteiger charge is 2.35. The van der Waals surface area contributed by atoms with Crippen molar-refractivity contribution in [3.05, 3.63) is 34.6 Å². The molecule has 1 heterocycles. The number of benzene rings is 1. The number of hydrogen-bond acceptors (Lipinski definition) is 2. The molecule has 0 radical (unpaired) electrons. The maximum atomic E-state index is 13.6. The van der Waals surface area contributed by atoms with E-state index in [-0.39, 0.29) is 16.6 Å². The van der Waals surface area contributed by atoms with E-state index in [2.05, 4.69) is 6.92 Å². The molecule has 2 unspecified atom stereocenters. The van der Waals surface area contributed by atoms with Gasteiger partial charge in [-0.2, -0.15) is 11.8 Å². The molecule has 1 fully saturated rings. The molecule has 1 nitrogen and oxygen atoms in total. The van der Waals surface area contributed by atoms with E-state index in [1.165, 1.54) is 12.5 Å². The van der Waals surface area contributed by atoms with Gasteiger partial charge in [-0.3, -0.25) is 0 Å². The highest BCUT2D eigenvalue weighted by atomic mass is 35.5. The van der Waals surface area contributed by atoms with E-state index in [0.29, 0.717) is 17.0 Å². The SMILES string of the molecule is CC1(C(N)Cc2cc(Cl)ccc2F)CCCS1. The number of nitrogens with two attached hydrogens (primary N) is 1. The predicted molar refractivity (Wildman–Crippen MR) is 73.2 cm³/mol. The van der Waals surface area contributed by atoms with Crippen molar-refractivity contribution in [3.8, 4) is 0 Å². The van der Waals surface area contributed by atoms with Gasteiger partial charge in [0.05, 0.1) is 0 Å². The molecular weight excluding hydrogens is 257 g/mol. The molecule has 0 bridgehead atoms. The summed E-state index contributed by atoms with van der Waals surface area (Å²) in [6, 6.07) is 4.63. The van der Waals surface area contributed by atoms with Crippen LogP contribution in [0.4, 0.5) is 4.39 Å². The van der Waals surface area contributed by atoms with Gasteiger partial charge in [0.25, 0.3) is 0 Å². The minimum Gasteiger partial charge on any atom is -0.326 e. The van der Waals surface area contributed by atoms with Crippen molar-refractivity contribution in [3.63, 3.8) is 0 Å². The van der Waals surface area contributed by atoms with Gasteiger partial charge in [0, 0.05) is 15.8 Å². The molecule has 0 amide bonds. The third-order valence-electron chi connectivity index (χ3n) is 3.48. The van der Waals surface area contributed by atoms with Gasteiger partial charge in [-0.15, -0.1) is 0 Å². The Balaban J connectivity index is 2.12. The van der Waals surface area contributed by atoms with Gasteiger partial charge in [0.1, 0.15) is 5.82 Å². The van der Waals surface area contributed by atoms with E-state index in [4.69, 9.17) is 17.3 Å². The summed E-state index contributed by atoms with van der Waals surface area (Å²) in [5, 5.41) is 0.567. The van der Waals surface area contributed by atoms with Crippen LogP contribution in [0.3, 0.4) is 0 Å². The zero-order valence-corrected chi connectivity index (χ0v) is 11.5. The fraction of sp³-hybridized carbons (Fsp3) is 0.538. The first-order valence-electron chi connectivity index (χ1n) is 5.85. The van der Waals surface area contributed by atoms with Crippen molar-refractivity contribution in [1.29, 1.82) is 0 Å². The summed E-state index contributed by atoms with van der Waals surface area (Å²) in [7, 11) is 0. The van der Waals surface area contributed by atoms with Crippen LogP contribution in [0.15, 0.2) is 18.2 Å². The molecule has 2 rings (SSSR count). The van der Waals surface area contributed by atoms with Gasteiger partial charge in [-0.05, 0) is 55.7 Å². The first kappa shape index (κ1) is 13.2. The van der Waals surface area contributed by atoms with E-state index in [0.717, 1.165) is 12.2 Å². The summed E-state index contributed by atoms with van der Waals surface area (Å²) in [6.45, 7) is 2.18. The van der Waals surface area contributed by atoms with Gasteiger partial charge < -0.3 is 5.73 Å². The largest absolute Gasteiger partial charge is 0.326 e. The van der Waals surface area contributed by atoms with Crippen LogP contribution in [0.1, 0.15) is 25.3 Å². The van der Waals surface area contributed by atoms with E-state index >= 15 is 0 Å². The average Bonchev–Trinajstić information content (AvgIpc) is 2.72. The van der Waals surface area contributed by atoms with Crippen LogP contribution in [-0.4, -0.2) is 16.5 Å². The third kappa shape index (κ3) is 2.95. The Bertz CT molecular complexity index is 404. The third-order valence-corrected chi connectivity index (χ3v) is 5.38. The van der Waals surface area contributed by atoms with Crippen LogP contribution in [0.25, 0.3) is 0 Å². The van der Waals surface area contributed by atoms with Crippen LogP contribution in [-0.2, 0) is 6.42 Å². The summed E-state index contributed by atoms with van der Waals surface area (Å²) < 4.78 is 13.7. The quantitative estimate of drug-likeness (QED) is 0.910. The van der Waals surface area contributed by atoms with Crippen molar-refractivity contribution >= 4 is 23.4 Å². The number of halogens is 2. The van der Waals surface area contributed by atoms with Gasteiger partial charge in [-0.25, -0.2) is 4.39 Å².